The molecule has 0 saturated carbocycles. The molecule has 0 atom stereocenters. The van der Waals surface area contributed by atoms with Crippen molar-refractivity contribution in [3.8, 4) is 0 Å². The third-order valence-corrected chi connectivity index (χ3v) is 4.93. The molecule has 24 heavy (non-hydrogen) atoms. The maximum absolute atomic E-state index is 13.6. The molecular formula is C18H20FNO3S. The maximum atomic E-state index is 13.6. The Morgan fingerprint density at radius 2 is 1.96 bits per heavy atom. The molecule has 0 bridgehead atoms. The van der Waals surface area contributed by atoms with Crippen molar-refractivity contribution in [1.29, 1.82) is 0 Å². The Morgan fingerprint density at radius 1 is 1.25 bits per heavy atom. The van der Waals surface area contributed by atoms with Crippen molar-refractivity contribution >= 4 is 28.1 Å². The van der Waals surface area contributed by atoms with Crippen molar-refractivity contribution in [1.82, 2.24) is 0 Å². The van der Waals surface area contributed by atoms with Gasteiger partial charge in [0.25, 0.3) is 0 Å². The van der Waals surface area contributed by atoms with Crippen LogP contribution in [0.5, 0.6) is 0 Å². The van der Waals surface area contributed by atoms with Gasteiger partial charge in [-0.3, -0.25) is 4.79 Å². The molecule has 0 spiro atoms. The van der Waals surface area contributed by atoms with Crippen LogP contribution in [0.4, 0.5) is 9.39 Å². The van der Waals surface area contributed by atoms with E-state index >= 15 is 0 Å². The summed E-state index contributed by atoms with van der Waals surface area (Å²) in [5.74, 6) is -1.06. The lowest BCUT2D eigenvalue weighted by Gasteiger charge is -2.08. The second-order valence-corrected chi connectivity index (χ2v) is 6.67. The summed E-state index contributed by atoms with van der Waals surface area (Å²) in [6.45, 7) is 7.41. The van der Waals surface area contributed by atoms with Crippen LogP contribution in [0, 0.1) is 26.6 Å². The van der Waals surface area contributed by atoms with Crippen LogP contribution in [0.2, 0.25) is 0 Å². The highest BCUT2D eigenvalue weighted by atomic mass is 32.1. The fraction of sp³-hybridized carbons (Fsp3) is 0.333. The lowest BCUT2D eigenvalue weighted by atomic mass is 10.1. The Kier molecular flexibility index (Phi) is 5.72. The summed E-state index contributed by atoms with van der Waals surface area (Å²) in [7, 11) is 0. The zero-order valence-electron chi connectivity index (χ0n) is 14.2. The average Bonchev–Trinajstić information content (AvgIpc) is 2.82. The van der Waals surface area contributed by atoms with E-state index in [0.29, 0.717) is 21.7 Å². The third kappa shape index (κ3) is 3.82. The van der Waals surface area contributed by atoms with Crippen LogP contribution in [-0.4, -0.2) is 24.9 Å². The first-order valence-electron chi connectivity index (χ1n) is 7.65. The third-order valence-electron chi connectivity index (χ3n) is 3.77. The van der Waals surface area contributed by atoms with E-state index in [2.05, 4.69) is 5.32 Å². The molecule has 0 aliphatic carbocycles. The van der Waals surface area contributed by atoms with E-state index in [9.17, 15) is 14.0 Å². The number of aryl methyl sites for hydroxylation is 2. The quantitative estimate of drug-likeness (QED) is 0.624. The lowest BCUT2D eigenvalue weighted by molar-refractivity contribution is 0.0527. The van der Waals surface area contributed by atoms with Crippen LogP contribution < -0.4 is 5.32 Å². The van der Waals surface area contributed by atoms with Crippen LogP contribution in [0.25, 0.3) is 0 Å². The number of ketones is 1. The highest BCUT2D eigenvalue weighted by Gasteiger charge is 2.21. The van der Waals surface area contributed by atoms with Crippen LogP contribution in [0.15, 0.2) is 18.2 Å². The van der Waals surface area contributed by atoms with E-state index in [1.807, 2.05) is 13.8 Å². The molecule has 1 heterocycles. The predicted octanol–water partition coefficient (Wildman–Crippen LogP) is 4.28. The Bertz CT molecular complexity index is 783. The number of esters is 1. The Hall–Kier alpha value is -2.21. The second kappa shape index (κ2) is 7.57. The van der Waals surface area contributed by atoms with E-state index < -0.39 is 11.8 Å². The summed E-state index contributed by atoms with van der Waals surface area (Å²) < 4.78 is 18.7. The smallest absolute Gasteiger partial charge is 0.341 e. The number of hydrogen-bond donors (Lipinski definition) is 1. The molecule has 0 aliphatic heterocycles. The first-order valence-corrected chi connectivity index (χ1v) is 8.47. The molecule has 2 aromatic rings. The number of rotatable bonds is 6. The van der Waals surface area contributed by atoms with Crippen LogP contribution in [0.1, 0.15) is 43.6 Å². The number of carbonyl (C=O) groups excluding carboxylic acids is 2. The monoisotopic (exact) mass is 349 g/mol. The maximum Gasteiger partial charge on any atom is 0.341 e. The van der Waals surface area contributed by atoms with Gasteiger partial charge in [-0.2, -0.15) is 0 Å². The van der Waals surface area contributed by atoms with Crippen molar-refractivity contribution in [3.05, 3.63) is 51.1 Å². The first-order chi connectivity index (χ1) is 11.3. The minimum absolute atomic E-state index is 0.0195. The Morgan fingerprint density at radius 3 is 2.58 bits per heavy atom. The highest BCUT2D eigenvalue weighted by Crippen LogP contribution is 2.33. The van der Waals surface area contributed by atoms with E-state index in [4.69, 9.17) is 4.74 Å². The van der Waals surface area contributed by atoms with Crippen molar-refractivity contribution in [2.45, 2.75) is 27.7 Å². The van der Waals surface area contributed by atoms with Crippen molar-refractivity contribution < 1.29 is 18.7 Å². The molecule has 6 heteroatoms. The van der Waals surface area contributed by atoms with Gasteiger partial charge in [0.05, 0.1) is 18.7 Å². The molecule has 1 aromatic heterocycles. The standard InChI is InChI=1S/C18H20FNO3S/c1-5-23-18(22)16-11(3)12(4)24-17(16)20-9-15(21)13-7-6-10(2)14(19)8-13/h6-8,20H,5,9H2,1-4H3. The number of hydrogen-bond acceptors (Lipinski definition) is 5. The topological polar surface area (TPSA) is 55.4 Å². The summed E-state index contributed by atoms with van der Waals surface area (Å²) >= 11 is 1.40. The van der Waals surface area contributed by atoms with Gasteiger partial charge in [0.15, 0.2) is 5.78 Å². The average molecular weight is 349 g/mol. The summed E-state index contributed by atoms with van der Waals surface area (Å²) in [5, 5.41) is 3.59. The predicted molar refractivity (Wildman–Crippen MR) is 93.7 cm³/mol. The lowest BCUT2D eigenvalue weighted by Crippen LogP contribution is -2.16. The first kappa shape index (κ1) is 18.1. The van der Waals surface area contributed by atoms with Gasteiger partial charge in [0, 0.05) is 10.4 Å². The van der Waals surface area contributed by atoms with E-state index in [1.165, 1.54) is 17.4 Å². The van der Waals surface area contributed by atoms with Crippen LogP contribution in [-0.2, 0) is 4.74 Å². The van der Waals surface area contributed by atoms with Gasteiger partial charge >= 0.3 is 5.97 Å². The number of carbonyl (C=O) groups is 2. The van der Waals surface area contributed by atoms with Crippen LogP contribution in [0.3, 0.4) is 0 Å². The SMILES string of the molecule is CCOC(=O)c1c(NCC(=O)c2ccc(C)c(F)c2)sc(C)c1C. The minimum Gasteiger partial charge on any atom is -0.462 e. The molecular weight excluding hydrogens is 329 g/mol. The number of benzene rings is 1. The molecule has 0 amide bonds. The summed E-state index contributed by atoms with van der Waals surface area (Å²) in [5.41, 5.74) is 2.10. The van der Waals surface area contributed by atoms with Gasteiger partial charge in [0.2, 0.25) is 0 Å². The molecule has 0 aliphatic rings. The molecule has 0 radical (unpaired) electrons. The molecule has 128 valence electrons. The fourth-order valence-corrected chi connectivity index (χ4v) is 3.27. The van der Waals surface area contributed by atoms with Gasteiger partial charge in [-0.15, -0.1) is 11.3 Å². The van der Waals surface area contributed by atoms with Gasteiger partial charge in [0.1, 0.15) is 10.8 Å². The molecule has 4 nitrogen and oxygen atoms in total. The van der Waals surface area contributed by atoms with Crippen molar-refractivity contribution in [3.63, 3.8) is 0 Å². The largest absolute Gasteiger partial charge is 0.462 e. The summed E-state index contributed by atoms with van der Waals surface area (Å²) in [6, 6.07) is 4.40. The Labute approximate surface area is 144 Å². The van der Waals surface area contributed by atoms with Crippen LogP contribution >= 0.6 is 11.3 Å². The van der Waals surface area contributed by atoms with E-state index in [0.717, 1.165) is 10.4 Å². The number of halogens is 1. The number of ether oxygens (including phenoxy) is 1. The number of anilines is 1. The van der Waals surface area contributed by atoms with Gasteiger partial charge in [-0.05, 0) is 44.9 Å². The molecule has 0 unspecified atom stereocenters. The van der Waals surface area contributed by atoms with E-state index in [-0.39, 0.29) is 18.9 Å². The zero-order valence-corrected chi connectivity index (χ0v) is 15.0. The molecule has 0 saturated heterocycles. The van der Waals surface area contributed by atoms with E-state index in [1.54, 1.807) is 26.0 Å². The fourth-order valence-electron chi connectivity index (χ4n) is 2.23. The minimum atomic E-state index is -0.407. The van der Waals surface area contributed by atoms with Gasteiger partial charge in [-0.1, -0.05) is 12.1 Å². The second-order valence-electron chi connectivity index (χ2n) is 5.45. The molecule has 1 N–H and O–H groups in total. The number of thiophene rings is 1. The number of nitrogens with one attached hydrogen (secondary N) is 1. The molecule has 1 aromatic carbocycles. The normalized spacial score (nSPS) is 10.5. The van der Waals surface area contributed by atoms with Crippen molar-refractivity contribution in [2.24, 2.45) is 0 Å². The molecule has 2 rings (SSSR count). The highest BCUT2D eigenvalue weighted by molar-refractivity contribution is 7.16. The Balaban J connectivity index is 2.16. The molecule has 0 fully saturated rings. The summed E-state index contributed by atoms with van der Waals surface area (Å²) in [4.78, 5) is 25.3. The van der Waals surface area contributed by atoms with Gasteiger partial charge < -0.3 is 10.1 Å². The zero-order chi connectivity index (χ0) is 17.9. The summed E-state index contributed by atoms with van der Waals surface area (Å²) in [6.07, 6.45) is 0. The number of Topliss-reactive ketones (excluding diaryl/α,β-unsaturated/α-hetero) is 1. The van der Waals surface area contributed by atoms with Gasteiger partial charge in [-0.25, -0.2) is 9.18 Å². The van der Waals surface area contributed by atoms with Crippen molar-refractivity contribution in [2.75, 3.05) is 18.5 Å².